The number of carbonyl (C=O) groups excluding carboxylic acids is 3. The maximum atomic E-state index is 12.3. The lowest BCUT2D eigenvalue weighted by atomic mass is 10.1. The molecule has 1 aliphatic rings. The van der Waals surface area contributed by atoms with Crippen molar-refractivity contribution < 1.29 is 23.9 Å². The molecule has 7 nitrogen and oxygen atoms in total. The number of para-hydroxylation sites is 2. The third-order valence-corrected chi connectivity index (χ3v) is 4.62. The fourth-order valence-electron chi connectivity index (χ4n) is 3.05. The van der Waals surface area contributed by atoms with Crippen LogP contribution in [0.15, 0.2) is 48.5 Å². The Bertz CT molecular complexity index is 917. The molecule has 1 fully saturated rings. The van der Waals surface area contributed by atoms with E-state index < -0.39 is 24.4 Å². The van der Waals surface area contributed by atoms with Crippen LogP contribution in [-0.2, 0) is 19.1 Å². The van der Waals surface area contributed by atoms with Gasteiger partial charge in [-0.1, -0.05) is 29.8 Å². The van der Waals surface area contributed by atoms with E-state index in [0.29, 0.717) is 28.8 Å². The summed E-state index contributed by atoms with van der Waals surface area (Å²) in [6, 6.07) is 13.9. The number of hydrogen-bond donors (Lipinski definition) is 1. The van der Waals surface area contributed by atoms with Crippen molar-refractivity contribution in [2.24, 2.45) is 5.92 Å². The van der Waals surface area contributed by atoms with Crippen molar-refractivity contribution in [1.82, 2.24) is 0 Å². The Hall–Kier alpha value is -3.06. The van der Waals surface area contributed by atoms with Crippen molar-refractivity contribution in [2.75, 3.05) is 30.0 Å². The molecule has 0 unspecified atom stereocenters. The molecule has 3 rings (SSSR count). The number of ether oxygens (including phenoxy) is 2. The van der Waals surface area contributed by atoms with Crippen LogP contribution in [0.4, 0.5) is 11.4 Å². The fourth-order valence-corrected chi connectivity index (χ4v) is 3.24. The second kappa shape index (κ2) is 9.43. The van der Waals surface area contributed by atoms with Crippen LogP contribution in [0.1, 0.15) is 13.3 Å². The van der Waals surface area contributed by atoms with Crippen LogP contribution in [0.3, 0.4) is 0 Å². The van der Waals surface area contributed by atoms with E-state index in [0.717, 1.165) is 0 Å². The van der Waals surface area contributed by atoms with Crippen LogP contribution in [-0.4, -0.2) is 37.5 Å². The number of benzene rings is 2. The number of nitrogens with one attached hydrogen (secondary N) is 1. The number of anilines is 2. The minimum absolute atomic E-state index is 0.0279. The minimum Gasteiger partial charge on any atom is -0.492 e. The Morgan fingerprint density at radius 1 is 1.21 bits per heavy atom. The third kappa shape index (κ3) is 5.26. The molecule has 8 heteroatoms. The highest BCUT2D eigenvalue weighted by Gasteiger charge is 2.36. The van der Waals surface area contributed by atoms with Crippen molar-refractivity contribution >= 4 is 40.8 Å². The molecule has 0 saturated carbocycles. The first-order valence-corrected chi connectivity index (χ1v) is 9.60. The Labute approximate surface area is 173 Å². The van der Waals surface area contributed by atoms with Crippen LogP contribution in [0.2, 0.25) is 5.02 Å². The second-order valence-electron chi connectivity index (χ2n) is 6.47. The summed E-state index contributed by atoms with van der Waals surface area (Å²) in [4.78, 5) is 38.2. The fraction of sp³-hybridized carbons (Fsp3) is 0.286. The molecule has 1 atom stereocenters. The molecular formula is C21H21ClN2O5. The van der Waals surface area contributed by atoms with E-state index in [1.807, 2.05) is 6.92 Å². The van der Waals surface area contributed by atoms with E-state index in [1.165, 1.54) is 4.90 Å². The number of nitrogens with zero attached hydrogens (tertiary/aromatic N) is 1. The molecular weight excluding hydrogens is 396 g/mol. The molecule has 1 aliphatic heterocycles. The van der Waals surface area contributed by atoms with Crippen LogP contribution < -0.4 is 15.0 Å². The van der Waals surface area contributed by atoms with Gasteiger partial charge >= 0.3 is 5.97 Å². The predicted molar refractivity (Wildman–Crippen MR) is 109 cm³/mol. The summed E-state index contributed by atoms with van der Waals surface area (Å²) >= 11 is 5.97. The highest BCUT2D eigenvalue weighted by molar-refractivity contribution is 6.31. The summed E-state index contributed by atoms with van der Waals surface area (Å²) in [6.45, 7) is 2.05. The first-order valence-electron chi connectivity index (χ1n) is 9.22. The van der Waals surface area contributed by atoms with Gasteiger partial charge in [-0.25, -0.2) is 0 Å². The number of esters is 1. The van der Waals surface area contributed by atoms with Crippen molar-refractivity contribution in [1.29, 1.82) is 0 Å². The highest BCUT2D eigenvalue weighted by Crippen LogP contribution is 2.28. The van der Waals surface area contributed by atoms with Gasteiger partial charge in [0, 0.05) is 23.7 Å². The number of halogens is 1. The molecule has 1 heterocycles. The maximum Gasteiger partial charge on any atom is 0.311 e. The van der Waals surface area contributed by atoms with Gasteiger partial charge in [0.1, 0.15) is 5.75 Å². The highest BCUT2D eigenvalue weighted by atomic mass is 35.5. The van der Waals surface area contributed by atoms with Crippen LogP contribution in [0.5, 0.6) is 5.75 Å². The zero-order valence-electron chi connectivity index (χ0n) is 15.9. The molecule has 152 valence electrons. The standard InChI is InChI=1S/C21H21ClN2O5/c1-2-28-18-9-4-3-8-17(18)23-19(25)13-29-21(27)14-10-20(26)24(12-14)16-7-5-6-15(22)11-16/h3-9,11,14H,2,10,12-13H2,1H3,(H,23,25)/t14-/m0/s1. The van der Waals surface area contributed by atoms with Crippen LogP contribution in [0.25, 0.3) is 0 Å². The zero-order chi connectivity index (χ0) is 20.8. The Morgan fingerprint density at radius 2 is 2.00 bits per heavy atom. The Kier molecular flexibility index (Phi) is 6.72. The summed E-state index contributed by atoms with van der Waals surface area (Å²) in [7, 11) is 0. The van der Waals surface area contributed by atoms with Crippen molar-refractivity contribution in [2.45, 2.75) is 13.3 Å². The maximum absolute atomic E-state index is 12.3. The number of hydrogen-bond acceptors (Lipinski definition) is 5. The van der Waals surface area contributed by atoms with Gasteiger partial charge in [0.15, 0.2) is 6.61 Å². The molecule has 0 aliphatic carbocycles. The summed E-state index contributed by atoms with van der Waals surface area (Å²) in [5.41, 5.74) is 1.13. The quantitative estimate of drug-likeness (QED) is 0.700. The molecule has 29 heavy (non-hydrogen) atoms. The largest absolute Gasteiger partial charge is 0.492 e. The van der Waals surface area contributed by atoms with Gasteiger partial charge in [-0.15, -0.1) is 0 Å². The summed E-state index contributed by atoms with van der Waals surface area (Å²) < 4.78 is 10.6. The lowest BCUT2D eigenvalue weighted by molar-refractivity contribution is -0.151. The van der Waals surface area contributed by atoms with Gasteiger partial charge in [-0.3, -0.25) is 14.4 Å². The Morgan fingerprint density at radius 3 is 2.76 bits per heavy atom. The van der Waals surface area contributed by atoms with E-state index in [9.17, 15) is 14.4 Å². The van der Waals surface area contributed by atoms with Crippen molar-refractivity contribution in [3.05, 3.63) is 53.6 Å². The summed E-state index contributed by atoms with van der Waals surface area (Å²) in [5, 5.41) is 3.16. The lowest BCUT2D eigenvalue weighted by Gasteiger charge is -2.16. The number of carbonyl (C=O) groups is 3. The normalized spacial score (nSPS) is 15.9. The number of rotatable bonds is 7. The predicted octanol–water partition coefficient (Wildman–Crippen LogP) is 3.27. The van der Waals surface area contributed by atoms with Gasteiger partial charge in [0.25, 0.3) is 5.91 Å². The zero-order valence-corrected chi connectivity index (χ0v) is 16.6. The van der Waals surface area contributed by atoms with Gasteiger partial charge < -0.3 is 19.7 Å². The molecule has 2 aromatic rings. The molecule has 0 bridgehead atoms. The van der Waals surface area contributed by atoms with Crippen molar-refractivity contribution in [3.8, 4) is 5.75 Å². The molecule has 1 N–H and O–H groups in total. The molecule has 2 aromatic carbocycles. The minimum atomic E-state index is -0.634. The van der Waals surface area contributed by atoms with Gasteiger partial charge in [-0.05, 0) is 37.3 Å². The molecule has 0 radical (unpaired) electrons. The van der Waals surface area contributed by atoms with E-state index in [2.05, 4.69) is 5.32 Å². The monoisotopic (exact) mass is 416 g/mol. The SMILES string of the molecule is CCOc1ccccc1NC(=O)COC(=O)[C@H]1CC(=O)N(c2cccc(Cl)c2)C1. The average molecular weight is 417 g/mol. The van der Waals surface area contributed by atoms with Gasteiger partial charge in [-0.2, -0.15) is 0 Å². The lowest BCUT2D eigenvalue weighted by Crippen LogP contribution is -2.28. The van der Waals surface area contributed by atoms with E-state index in [4.69, 9.17) is 21.1 Å². The third-order valence-electron chi connectivity index (χ3n) is 4.38. The molecule has 0 spiro atoms. The molecule has 0 aromatic heterocycles. The summed E-state index contributed by atoms with van der Waals surface area (Å²) in [6.07, 6.45) is 0.0279. The van der Waals surface area contributed by atoms with E-state index in [1.54, 1.807) is 48.5 Å². The smallest absolute Gasteiger partial charge is 0.311 e. The molecule has 2 amide bonds. The van der Waals surface area contributed by atoms with E-state index in [-0.39, 0.29) is 18.9 Å². The van der Waals surface area contributed by atoms with Gasteiger partial charge in [0.2, 0.25) is 5.91 Å². The van der Waals surface area contributed by atoms with Gasteiger partial charge in [0.05, 0.1) is 18.2 Å². The second-order valence-corrected chi connectivity index (χ2v) is 6.91. The molecule has 1 saturated heterocycles. The summed E-state index contributed by atoms with van der Waals surface area (Å²) in [5.74, 6) is -1.36. The first-order chi connectivity index (χ1) is 14.0. The number of amides is 2. The average Bonchev–Trinajstić information content (AvgIpc) is 3.10. The van der Waals surface area contributed by atoms with Crippen LogP contribution in [0, 0.1) is 5.92 Å². The van der Waals surface area contributed by atoms with Crippen LogP contribution >= 0.6 is 11.6 Å². The topological polar surface area (TPSA) is 84.9 Å². The first kappa shape index (κ1) is 20.7. The van der Waals surface area contributed by atoms with E-state index >= 15 is 0 Å². The van der Waals surface area contributed by atoms with Crippen molar-refractivity contribution in [3.63, 3.8) is 0 Å². The Balaban J connectivity index is 1.53.